The van der Waals surface area contributed by atoms with Crippen LogP contribution in [0.25, 0.3) is 0 Å². The number of allylic oxidation sites excluding steroid dienone is 3. The van der Waals surface area contributed by atoms with E-state index in [9.17, 15) is 9.59 Å². The van der Waals surface area contributed by atoms with Gasteiger partial charge in [-0.1, -0.05) is 54.7 Å². The van der Waals surface area contributed by atoms with Crippen LogP contribution < -0.4 is 5.48 Å². The summed E-state index contributed by atoms with van der Waals surface area (Å²) in [6, 6.07) is 9.36. The maximum atomic E-state index is 12.8. The molecule has 0 aromatic heterocycles. The number of piperazine rings is 1. The van der Waals surface area contributed by atoms with Gasteiger partial charge in [-0.05, 0) is 31.4 Å². The third-order valence-corrected chi connectivity index (χ3v) is 6.45. The van der Waals surface area contributed by atoms with Crippen LogP contribution in [0.2, 0.25) is 0 Å². The molecular formula is C25H30N4O3. The second kappa shape index (κ2) is 10.0. The van der Waals surface area contributed by atoms with Gasteiger partial charge >= 0.3 is 6.03 Å². The van der Waals surface area contributed by atoms with Crippen molar-refractivity contribution in [3.05, 3.63) is 59.2 Å². The van der Waals surface area contributed by atoms with Gasteiger partial charge < -0.3 is 9.80 Å². The molecule has 2 saturated heterocycles. The SMILES string of the molecule is CC[C@@H](C(=O)NO)N1CC2CN(CC3=CC=C(C#Cc4ccccc4)CC3)CCN2C1=O. The number of carbonyl (C=O) groups is 2. The Hall–Kier alpha value is -3.08. The smallest absolute Gasteiger partial charge is 0.317 e. The molecule has 2 aliphatic heterocycles. The number of rotatable bonds is 5. The van der Waals surface area contributed by atoms with Crippen LogP contribution in [0.15, 0.2) is 53.6 Å². The molecule has 4 rings (SSSR count). The predicted molar refractivity (Wildman–Crippen MR) is 122 cm³/mol. The molecule has 168 valence electrons. The molecule has 2 N–H and O–H groups in total. The fraction of sp³-hybridized carbons (Fsp3) is 0.440. The molecule has 1 aromatic rings. The third-order valence-electron chi connectivity index (χ3n) is 6.45. The Morgan fingerprint density at radius 3 is 2.66 bits per heavy atom. The second-order valence-corrected chi connectivity index (χ2v) is 8.55. The Labute approximate surface area is 189 Å². The lowest BCUT2D eigenvalue weighted by Gasteiger charge is -2.37. The maximum Gasteiger partial charge on any atom is 0.321 e. The monoisotopic (exact) mass is 434 g/mol. The Bertz CT molecular complexity index is 976. The Morgan fingerprint density at radius 2 is 1.97 bits per heavy atom. The lowest BCUT2D eigenvalue weighted by molar-refractivity contribution is -0.133. The van der Waals surface area contributed by atoms with Crippen LogP contribution in [-0.4, -0.2) is 76.7 Å². The van der Waals surface area contributed by atoms with Crippen LogP contribution >= 0.6 is 0 Å². The highest BCUT2D eigenvalue weighted by atomic mass is 16.5. The lowest BCUT2D eigenvalue weighted by atomic mass is 9.97. The minimum atomic E-state index is -0.631. The van der Waals surface area contributed by atoms with Crippen molar-refractivity contribution in [3.63, 3.8) is 0 Å². The van der Waals surface area contributed by atoms with Crippen LogP contribution in [0, 0.1) is 11.8 Å². The van der Waals surface area contributed by atoms with Crippen molar-refractivity contribution >= 4 is 11.9 Å². The molecule has 0 saturated carbocycles. The van der Waals surface area contributed by atoms with Gasteiger partial charge in [0.15, 0.2) is 0 Å². The molecule has 0 bridgehead atoms. The highest BCUT2D eigenvalue weighted by Crippen LogP contribution is 2.25. The van der Waals surface area contributed by atoms with E-state index in [0.29, 0.717) is 19.5 Å². The van der Waals surface area contributed by atoms with Gasteiger partial charge in [0, 0.05) is 43.9 Å². The van der Waals surface area contributed by atoms with Gasteiger partial charge in [0.2, 0.25) is 0 Å². The summed E-state index contributed by atoms with van der Waals surface area (Å²) in [6.07, 6.45) is 6.74. The topological polar surface area (TPSA) is 76.1 Å². The van der Waals surface area contributed by atoms with Crippen LogP contribution in [0.3, 0.4) is 0 Å². The zero-order chi connectivity index (χ0) is 22.5. The average Bonchev–Trinajstić information content (AvgIpc) is 3.15. The summed E-state index contributed by atoms with van der Waals surface area (Å²) in [5, 5.41) is 9.00. The molecule has 2 heterocycles. The molecule has 1 unspecified atom stereocenters. The van der Waals surface area contributed by atoms with Gasteiger partial charge in [-0.25, -0.2) is 10.3 Å². The summed E-state index contributed by atoms with van der Waals surface area (Å²) >= 11 is 0. The summed E-state index contributed by atoms with van der Waals surface area (Å²) in [6.45, 7) is 5.52. The van der Waals surface area contributed by atoms with E-state index < -0.39 is 11.9 Å². The Kier molecular flexibility index (Phi) is 6.93. The van der Waals surface area contributed by atoms with Crippen LogP contribution in [0.1, 0.15) is 31.7 Å². The lowest BCUT2D eigenvalue weighted by Crippen LogP contribution is -2.52. The first-order chi connectivity index (χ1) is 15.6. The zero-order valence-corrected chi connectivity index (χ0v) is 18.5. The molecule has 0 radical (unpaired) electrons. The van der Waals surface area contributed by atoms with Gasteiger partial charge in [0.25, 0.3) is 5.91 Å². The molecule has 1 aromatic carbocycles. The van der Waals surface area contributed by atoms with Crippen LogP contribution in [0.4, 0.5) is 4.79 Å². The number of carbonyl (C=O) groups excluding carboxylic acids is 2. The Morgan fingerprint density at radius 1 is 1.16 bits per heavy atom. The van der Waals surface area contributed by atoms with Crippen molar-refractivity contribution in [3.8, 4) is 11.8 Å². The number of benzene rings is 1. The van der Waals surface area contributed by atoms with E-state index in [1.807, 2.05) is 42.2 Å². The first-order valence-corrected chi connectivity index (χ1v) is 11.3. The molecule has 2 fully saturated rings. The van der Waals surface area contributed by atoms with Gasteiger partial charge in [-0.15, -0.1) is 0 Å². The van der Waals surface area contributed by atoms with Crippen LogP contribution in [0.5, 0.6) is 0 Å². The van der Waals surface area contributed by atoms with E-state index in [1.54, 1.807) is 10.4 Å². The highest BCUT2D eigenvalue weighted by molar-refractivity contribution is 5.87. The standard InChI is InChI=1S/C25H30N4O3/c1-2-23(24(30)26-32)29-18-22-17-27(14-15-28(22)25(29)31)16-21-12-10-20(11-13-21)9-8-19-6-4-3-5-7-19/h3-7,10,12,22-23,32H,2,11,13-18H2,1H3,(H,26,30)/t22?,23-/m0/s1. The van der Waals surface area contributed by atoms with Crippen molar-refractivity contribution in [2.24, 2.45) is 0 Å². The number of hydrogen-bond donors (Lipinski definition) is 2. The largest absolute Gasteiger partial charge is 0.321 e. The van der Waals surface area contributed by atoms with Gasteiger partial charge in [-0.2, -0.15) is 0 Å². The summed E-state index contributed by atoms with van der Waals surface area (Å²) in [7, 11) is 0. The minimum absolute atomic E-state index is 0.0730. The number of amides is 3. The quantitative estimate of drug-likeness (QED) is 0.424. The molecular weight excluding hydrogens is 404 g/mol. The fourth-order valence-electron chi connectivity index (χ4n) is 4.70. The van der Waals surface area contributed by atoms with E-state index in [1.165, 1.54) is 5.57 Å². The van der Waals surface area contributed by atoms with E-state index >= 15 is 0 Å². The normalized spacial score (nSPS) is 21.8. The van der Waals surface area contributed by atoms with E-state index in [-0.39, 0.29) is 12.1 Å². The number of nitrogens with zero attached hydrogens (tertiary/aromatic N) is 3. The predicted octanol–water partition coefficient (Wildman–Crippen LogP) is 2.39. The van der Waals surface area contributed by atoms with E-state index in [0.717, 1.165) is 43.6 Å². The number of hydrogen-bond acceptors (Lipinski definition) is 4. The van der Waals surface area contributed by atoms with Gasteiger partial charge in [0.05, 0.1) is 6.04 Å². The molecule has 7 nitrogen and oxygen atoms in total. The minimum Gasteiger partial charge on any atom is -0.317 e. The Balaban J connectivity index is 1.34. The number of hydroxylamine groups is 1. The van der Waals surface area contributed by atoms with E-state index in [2.05, 4.69) is 28.9 Å². The molecule has 32 heavy (non-hydrogen) atoms. The van der Waals surface area contributed by atoms with Crippen molar-refractivity contribution in [2.75, 3.05) is 32.7 Å². The van der Waals surface area contributed by atoms with Crippen molar-refractivity contribution in [1.82, 2.24) is 20.2 Å². The summed E-state index contributed by atoms with van der Waals surface area (Å²) in [4.78, 5) is 30.6. The molecule has 1 aliphatic carbocycles. The van der Waals surface area contributed by atoms with Crippen molar-refractivity contribution < 1.29 is 14.8 Å². The van der Waals surface area contributed by atoms with Crippen molar-refractivity contribution in [2.45, 2.75) is 38.3 Å². The summed E-state index contributed by atoms with van der Waals surface area (Å²) in [5.41, 5.74) is 5.27. The first kappa shape index (κ1) is 22.1. The third kappa shape index (κ3) is 4.87. The molecule has 3 aliphatic rings. The zero-order valence-electron chi connectivity index (χ0n) is 18.5. The van der Waals surface area contributed by atoms with Gasteiger partial charge in [-0.3, -0.25) is 14.9 Å². The average molecular weight is 435 g/mol. The van der Waals surface area contributed by atoms with Gasteiger partial charge in [0.1, 0.15) is 6.04 Å². The van der Waals surface area contributed by atoms with Crippen molar-refractivity contribution in [1.29, 1.82) is 0 Å². The number of nitrogens with one attached hydrogen (secondary N) is 1. The number of urea groups is 1. The highest BCUT2D eigenvalue weighted by Gasteiger charge is 2.44. The molecule has 3 amide bonds. The summed E-state index contributed by atoms with van der Waals surface area (Å²) < 4.78 is 0. The second-order valence-electron chi connectivity index (χ2n) is 8.55. The molecule has 0 spiro atoms. The fourth-order valence-corrected chi connectivity index (χ4v) is 4.70. The molecule has 7 heteroatoms. The molecule has 2 atom stereocenters. The van der Waals surface area contributed by atoms with Crippen LogP contribution in [-0.2, 0) is 4.79 Å². The van der Waals surface area contributed by atoms with E-state index in [4.69, 9.17) is 5.21 Å². The maximum absolute atomic E-state index is 12.8. The first-order valence-electron chi connectivity index (χ1n) is 11.3. The number of fused-ring (bicyclic) bond motifs is 1. The summed E-state index contributed by atoms with van der Waals surface area (Å²) in [5.74, 6) is 5.99.